The van der Waals surface area contributed by atoms with Gasteiger partial charge >= 0.3 is 0 Å². The minimum Gasteiger partial charge on any atom is -0.389 e. The molecule has 0 amide bonds. The predicted octanol–water partition coefficient (Wildman–Crippen LogP) is 5.69. The summed E-state index contributed by atoms with van der Waals surface area (Å²) in [5.41, 5.74) is 2.56. The van der Waals surface area contributed by atoms with Crippen LogP contribution in [0, 0.1) is 11.8 Å². The Morgan fingerprint density at radius 2 is 1.14 bits per heavy atom. The van der Waals surface area contributed by atoms with Gasteiger partial charge in [-0.25, -0.2) is 0 Å². The molecule has 0 fully saturated rings. The van der Waals surface area contributed by atoms with Gasteiger partial charge in [-0.05, 0) is 36.8 Å². The molecule has 0 unspecified atom stereocenters. The highest BCUT2D eigenvalue weighted by Crippen LogP contribution is 2.11. The molecule has 0 aliphatic heterocycles. The molecule has 3 nitrogen and oxygen atoms in total. The number of hydrogen-bond acceptors (Lipinski definition) is 3. The molecule has 0 bridgehead atoms. The molecule has 1 N–H and O–H groups in total. The summed E-state index contributed by atoms with van der Waals surface area (Å²) in [6.07, 6.45) is 4.34. The second-order valence-electron chi connectivity index (χ2n) is 7.29. The highest BCUT2D eigenvalue weighted by atomic mass is 16.3. The van der Waals surface area contributed by atoms with Crippen molar-refractivity contribution in [3.63, 3.8) is 0 Å². The van der Waals surface area contributed by atoms with E-state index in [9.17, 15) is 9.59 Å². The fraction of sp³-hybridized carbons (Fsp3) is 0.462. The summed E-state index contributed by atoms with van der Waals surface area (Å²) in [6, 6.07) is 20.4. The number of Topliss-reactive ketones (excluding diaryl/α,β-unsaturated/α-hetero) is 2. The third kappa shape index (κ3) is 11.4. The molecule has 160 valence electrons. The van der Waals surface area contributed by atoms with E-state index in [0.717, 1.165) is 25.7 Å². The first-order valence-corrected chi connectivity index (χ1v) is 10.2. The first-order chi connectivity index (χ1) is 13.5. The molecule has 0 saturated carbocycles. The monoisotopic (exact) mass is 398 g/mol. The third-order valence-corrected chi connectivity index (χ3v) is 5.02. The number of benzene rings is 2. The largest absolute Gasteiger partial charge is 0.389 e. The van der Waals surface area contributed by atoms with Crippen molar-refractivity contribution in [1.29, 1.82) is 0 Å². The van der Waals surface area contributed by atoms with Gasteiger partial charge in [-0.3, -0.25) is 9.59 Å². The first-order valence-electron chi connectivity index (χ1n) is 10.2. The number of aryl methyl sites for hydroxylation is 2. The van der Waals surface area contributed by atoms with Gasteiger partial charge in [-0.15, -0.1) is 0 Å². The minimum absolute atomic E-state index is 0. The van der Waals surface area contributed by atoms with Crippen molar-refractivity contribution in [2.24, 2.45) is 11.8 Å². The number of ketones is 2. The second-order valence-corrected chi connectivity index (χ2v) is 7.29. The van der Waals surface area contributed by atoms with Crippen LogP contribution < -0.4 is 0 Å². The van der Waals surface area contributed by atoms with Gasteiger partial charge < -0.3 is 5.11 Å². The van der Waals surface area contributed by atoms with Crippen LogP contribution in [0.4, 0.5) is 0 Å². The highest BCUT2D eigenvalue weighted by Gasteiger charge is 2.11. The van der Waals surface area contributed by atoms with Crippen LogP contribution in [-0.2, 0) is 22.4 Å². The molecule has 0 aliphatic carbocycles. The van der Waals surface area contributed by atoms with E-state index >= 15 is 0 Å². The van der Waals surface area contributed by atoms with Crippen molar-refractivity contribution in [1.82, 2.24) is 0 Å². The van der Waals surface area contributed by atoms with E-state index in [2.05, 4.69) is 24.3 Å². The molecular weight excluding hydrogens is 360 g/mol. The van der Waals surface area contributed by atoms with E-state index in [0.29, 0.717) is 12.2 Å². The van der Waals surface area contributed by atoms with Crippen LogP contribution in [-0.4, -0.2) is 23.3 Å². The van der Waals surface area contributed by atoms with E-state index < -0.39 is 0 Å². The van der Waals surface area contributed by atoms with E-state index in [1.54, 1.807) is 0 Å². The Balaban J connectivity index is 0.000000523. The average Bonchev–Trinajstić information content (AvgIpc) is 2.76. The molecule has 2 aromatic rings. The lowest BCUT2D eigenvalue weighted by Gasteiger charge is -2.08. The van der Waals surface area contributed by atoms with E-state index in [4.69, 9.17) is 5.11 Å². The van der Waals surface area contributed by atoms with Crippen molar-refractivity contribution in [2.75, 3.05) is 6.61 Å². The van der Waals surface area contributed by atoms with Crippen molar-refractivity contribution < 1.29 is 14.7 Å². The normalized spacial score (nSPS) is 12.0. The van der Waals surface area contributed by atoms with Crippen molar-refractivity contribution in [2.45, 2.75) is 60.3 Å². The number of aliphatic hydroxyl groups excluding tert-OH is 1. The molecule has 0 spiro atoms. The minimum atomic E-state index is -0.337. The van der Waals surface area contributed by atoms with Gasteiger partial charge in [0.15, 0.2) is 5.78 Å². The van der Waals surface area contributed by atoms with Gasteiger partial charge in [0.2, 0.25) is 0 Å². The number of hydrogen-bond donors (Lipinski definition) is 1. The lowest BCUT2D eigenvalue weighted by atomic mass is 9.96. The Labute approximate surface area is 177 Å². The van der Waals surface area contributed by atoms with E-state index in [1.807, 2.05) is 57.2 Å². The maximum absolute atomic E-state index is 11.3. The summed E-state index contributed by atoms with van der Waals surface area (Å²) in [5, 5.41) is 8.65. The molecule has 0 radical (unpaired) electrons. The Hall–Kier alpha value is -2.26. The maximum Gasteiger partial charge on any atom is 0.160 e. The molecule has 29 heavy (non-hydrogen) atoms. The average molecular weight is 399 g/mol. The van der Waals surface area contributed by atoms with Gasteiger partial charge in [0.1, 0.15) is 12.4 Å². The summed E-state index contributed by atoms with van der Waals surface area (Å²) in [4.78, 5) is 22.4. The summed E-state index contributed by atoms with van der Waals surface area (Å²) >= 11 is 0. The van der Waals surface area contributed by atoms with Crippen LogP contribution >= 0.6 is 0 Å². The summed E-state index contributed by atoms with van der Waals surface area (Å²) in [6.45, 7) is 5.48. The molecule has 0 saturated heterocycles. The zero-order valence-corrected chi connectivity index (χ0v) is 17.4. The van der Waals surface area contributed by atoms with Crippen LogP contribution in [0.3, 0.4) is 0 Å². The Kier molecular flexibility index (Phi) is 14.4. The summed E-state index contributed by atoms with van der Waals surface area (Å²) in [5.74, 6) is 0.474. The highest BCUT2D eigenvalue weighted by molar-refractivity contribution is 5.81. The van der Waals surface area contributed by atoms with Gasteiger partial charge in [-0.2, -0.15) is 0 Å². The molecule has 2 rings (SSSR count). The fourth-order valence-corrected chi connectivity index (χ4v) is 2.88. The van der Waals surface area contributed by atoms with Crippen molar-refractivity contribution >= 4 is 11.6 Å². The SMILES string of the molecule is C.CCC(=O)[C@H](C)CCc1ccccc1.C[C@@H](CCc1ccccc1)C(=O)CO. The molecule has 0 aromatic heterocycles. The number of aliphatic hydroxyl groups is 1. The topological polar surface area (TPSA) is 54.4 Å². The van der Waals surface area contributed by atoms with Crippen LogP contribution in [0.2, 0.25) is 0 Å². The third-order valence-electron chi connectivity index (χ3n) is 5.02. The van der Waals surface area contributed by atoms with Crippen LogP contribution in [0.5, 0.6) is 0 Å². The molecule has 2 atom stereocenters. The lowest BCUT2D eigenvalue weighted by Crippen LogP contribution is -2.15. The molecule has 3 heteroatoms. The van der Waals surface area contributed by atoms with Crippen molar-refractivity contribution in [3.8, 4) is 0 Å². The predicted molar refractivity (Wildman–Crippen MR) is 122 cm³/mol. The van der Waals surface area contributed by atoms with Crippen LogP contribution in [0.15, 0.2) is 60.7 Å². The smallest absolute Gasteiger partial charge is 0.160 e. The van der Waals surface area contributed by atoms with Gasteiger partial charge in [0.25, 0.3) is 0 Å². The zero-order valence-electron chi connectivity index (χ0n) is 17.4. The molecular formula is C26H38O3. The lowest BCUT2D eigenvalue weighted by molar-refractivity contribution is -0.125. The molecule has 0 heterocycles. The Morgan fingerprint density at radius 3 is 1.48 bits per heavy atom. The fourth-order valence-electron chi connectivity index (χ4n) is 2.88. The maximum atomic E-state index is 11.3. The number of carbonyl (C=O) groups excluding carboxylic acids is 2. The van der Waals surface area contributed by atoms with Gasteiger partial charge in [0.05, 0.1) is 0 Å². The zero-order chi connectivity index (χ0) is 20.8. The Bertz CT molecular complexity index is 618. The standard InChI is InChI=1S/C13H18O.C12H16O2.CH4/c1-3-13(14)11(2)9-10-12-7-5-4-6-8-12;1-10(12(14)9-13)7-8-11-5-3-2-4-6-11;/h4-8,11H,3,9-10H2,1-2H3;2-6,10,13H,7-9H2,1H3;1H4/t11-;10-;/m10./s1. The summed E-state index contributed by atoms with van der Waals surface area (Å²) in [7, 11) is 0. The summed E-state index contributed by atoms with van der Waals surface area (Å²) < 4.78 is 0. The molecule has 0 aliphatic rings. The quantitative estimate of drug-likeness (QED) is 0.559. The second kappa shape index (κ2) is 15.6. The first kappa shape index (κ1) is 26.7. The Morgan fingerprint density at radius 1 is 0.759 bits per heavy atom. The number of carbonyl (C=O) groups is 2. The van der Waals surface area contributed by atoms with E-state index in [-0.39, 0.29) is 31.7 Å². The van der Waals surface area contributed by atoms with Crippen LogP contribution in [0.25, 0.3) is 0 Å². The molecule has 2 aromatic carbocycles. The van der Waals surface area contributed by atoms with Gasteiger partial charge in [0, 0.05) is 18.3 Å². The van der Waals surface area contributed by atoms with Crippen LogP contribution in [0.1, 0.15) is 58.6 Å². The van der Waals surface area contributed by atoms with Gasteiger partial charge in [-0.1, -0.05) is 88.9 Å². The number of rotatable bonds is 10. The van der Waals surface area contributed by atoms with E-state index in [1.165, 1.54) is 11.1 Å². The van der Waals surface area contributed by atoms with Crippen molar-refractivity contribution in [3.05, 3.63) is 71.8 Å².